The van der Waals surface area contributed by atoms with Crippen molar-refractivity contribution >= 4 is 10.0 Å². The SMILES string of the molecule is CCN(C)S(=O)(=O)CCN. The van der Waals surface area contributed by atoms with Crippen LogP contribution in [0.4, 0.5) is 0 Å². The van der Waals surface area contributed by atoms with Gasteiger partial charge in [-0.15, -0.1) is 0 Å². The van der Waals surface area contributed by atoms with Crippen LogP contribution in [0.3, 0.4) is 0 Å². The molecule has 0 spiro atoms. The van der Waals surface area contributed by atoms with E-state index in [-0.39, 0.29) is 12.3 Å². The van der Waals surface area contributed by atoms with Crippen molar-refractivity contribution < 1.29 is 8.42 Å². The Morgan fingerprint density at radius 1 is 1.50 bits per heavy atom. The van der Waals surface area contributed by atoms with Crippen LogP contribution in [0.1, 0.15) is 6.92 Å². The second kappa shape index (κ2) is 3.90. The largest absolute Gasteiger partial charge is 0.329 e. The van der Waals surface area contributed by atoms with Crippen LogP contribution in [0.5, 0.6) is 0 Å². The normalized spacial score (nSPS) is 12.4. The fourth-order valence-electron chi connectivity index (χ4n) is 0.501. The molecule has 4 nitrogen and oxygen atoms in total. The minimum atomic E-state index is -3.05. The summed E-state index contributed by atoms with van der Waals surface area (Å²) in [6, 6.07) is 0. The molecule has 0 amide bonds. The molecule has 0 unspecified atom stereocenters. The third kappa shape index (κ3) is 2.64. The number of hydrogen-bond donors (Lipinski definition) is 1. The Labute approximate surface area is 62.1 Å². The average Bonchev–Trinajstić information content (AvgIpc) is 1.86. The first-order valence-corrected chi connectivity index (χ1v) is 4.79. The van der Waals surface area contributed by atoms with Crippen LogP contribution in [0, 0.1) is 0 Å². The van der Waals surface area contributed by atoms with Gasteiger partial charge >= 0.3 is 0 Å². The minimum Gasteiger partial charge on any atom is -0.329 e. The molecule has 0 aromatic carbocycles. The van der Waals surface area contributed by atoms with E-state index in [0.717, 1.165) is 0 Å². The summed E-state index contributed by atoms with van der Waals surface area (Å²) in [5, 5.41) is 0. The lowest BCUT2D eigenvalue weighted by atomic mass is 10.8. The molecule has 0 aliphatic rings. The van der Waals surface area contributed by atoms with Gasteiger partial charge in [0, 0.05) is 20.1 Å². The van der Waals surface area contributed by atoms with Crippen molar-refractivity contribution in [2.45, 2.75) is 6.92 Å². The minimum absolute atomic E-state index is 0.0390. The Kier molecular flexibility index (Phi) is 3.85. The van der Waals surface area contributed by atoms with Crippen LogP contribution in [-0.4, -0.2) is 38.6 Å². The van der Waals surface area contributed by atoms with Gasteiger partial charge in [-0.25, -0.2) is 12.7 Å². The molecule has 0 aliphatic carbocycles. The zero-order chi connectivity index (χ0) is 8.20. The van der Waals surface area contributed by atoms with E-state index in [1.807, 2.05) is 0 Å². The third-order valence-electron chi connectivity index (χ3n) is 1.30. The second-order valence-electron chi connectivity index (χ2n) is 2.02. The Morgan fingerprint density at radius 3 is 2.30 bits per heavy atom. The van der Waals surface area contributed by atoms with Gasteiger partial charge in [-0.3, -0.25) is 0 Å². The molecule has 0 saturated heterocycles. The molecular weight excluding hydrogens is 152 g/mol. The van der Waals surface area contributed by atoms with Crippen LogP contribution in [0.15, 0.2) is 0 Å². The van der Waals surface area contributed by atoms with Gasteiger partial charge in [0.1, 0.15) is 0 Å². The standard InChI is InChI=1S/C5H14N2O2S/c1-3-7(2)10(8,9)5-4-6/h3-6H2,1-2H3. The summed E-state index contributed by atoms with van der Waals surface area (Å²) >= 11 is 0. The van der Waals surface area contributed by atoms with Crippen molar-refractivity contribution in [1.29, 1.82) is 0 Å². The number of rotatable bonds is 4. The van der Waals surface area contributed by atoms with Gasteiger partial charge in [0.2, 0.25) is 10.0 Å². The lowest BCUT2D eigenvalue weighted by Crippen LogP contribution is -2.31. The first-order chi connectivity index (χ1) is 4.54. The predicted molar refractivity (Wildman–Crippen MR) is 41.1 cm³/mol. The van der Waals surface area contributed by atoms with Crippen LogP contribution < -0.4 is 5.73 Å². The van der Waals surface area contributed by atoms with Crippen molar-refractivity contribution in [3.8, 4) is 0 Å². The maximum Gasteiger partial charge on any atom is 0.215 e. The van der Waals surface area contributed by atoms with Gasteiger partial charge in [0.25, 0.3) is 0 Å². The predicted octanol–water partition coefficient (Wildman–Crippen LogP) is -0.773. The summed E-state index contributed by atoms with van der Waals surface area (Å²) < 4.78 is 23.3. The van der Waals surface area contributed by atoms with E-state index in [1.54, 1.807) is 14.0 Å². The molecule has 0 aliphatic heterocycles. The number of hydrogen-bond acceptors (Lipinski definition) is 3. The van der Waals surface area contributed by atoms with Crippen molar-refractivity contribution in [3.63, 3.8) is 0 Å². The monoisotopic (exact) mass is 166 g/mol. The fourth-order valence-corrected chi connectivity index (χ4v) is 1.50. The molecule has 0 saturated carbocycles. The first-order valence-electron chi connectivity index (χ1n) is 3.18. The lowest BCUT2D eigenvalue weighted by molar-refractivity contribution is 0.486. The molecular formula is C5H14N2O2S. The van der Waals surface area contributed by atoms with Gasteiger partial charge < -0.3 is 5.73 Å². The fraction of sp³-hybridized carbons (Fsp3) is 1.00. The second-order valence-corrected chi connectivity index (χ2v) is 4.21. The van der Waals surface area contributed by atoms with Crippen LogP contribution in [-0.2, 0) is 10.0 Å². The highest BCUT2D eigenvalue weighted by Gasteiger charge is 2.13. The first kappa shape index (κ1) is 9.87. The number of nitrogens with zero attached hydrogens (tertiary/aromatic N) is 1. The third-order valence-corrected chi connectivity index (χ3v) is 3.26. The van der Waals surface area contributed by atoms with Crippen molar-refractivity contribution in [1.82, 2.24) is 4.31 Å². The highest BCUT2D eigenvalue weighted by atomic mass is 32.2. The maximum atomic E-state index is 11.0. The molecule has 0 bridgehead atoms. The number of nitrogens with two attached hydrogens (primary N) is 1. The Hall–Kier alpha value is -0.130. The summed E-state index contributed by atoms with van der Waals surface area (Å²) in [5.41, 5.74) is 5.10. The summed E-state index contributed by atoms with van der Waals surface area (Å²) in [4.78, 5) is 0. The summed E-state index contributed by atoms with van der Waals surface area (Å²) in [7, 11) is -1.51. The molecule has 0 rings (SSSR count). The van der Waals surface area contributed by atoms with Gasteiger partial charge in [0.15, 0.2) is 0 Å². The van der Waals surface area contributed by atoms with Crippen LogP contribution in [0.25, 0.3) is 0 Å². The molecule has 0 heterocycles. The van der Waals surface area contributed by atoms with E-state index in [1.165, 1.54) is 4.31 Å². The summed E-state index contributed by atoms with van der Waals surface area (Å²) in [6.45, 7) is 2.48. The average molecular weight is 166 g/mol. The Bertz CT molecular complexity index is 176. The van der Waals surface area contributed by atoms with E-state index >= 15 is 0 Å². The van der Waals surface area contributed by atoms with E-state index < -0.39 is 10.0 Å². The van der Waals surface area contributed by atoms with Crippen molar-refractivity contribution in [2.24, 2.45) is 5.73 Å². The highest BCUT2D eigenvalue weighted by molar-refractivity contribution is 7.89. The van der Waals surface area contributed by atoms with E-state index in [2.05, 4.69) is 0 Å². The van der Waals surface area contributed by atoms with Gasteiger partial charge in [-0.2, -0.15) is 0 Å². The van der Waals surface area contributed by atoms with E-state index in [9.17, 15) is 8.42 Å². The van der Waals surface area contributed by atoms with Crippen LogP contribution in [0.2, 0.25) is 0 Å². The summed E-state index contributed by atoms with van der Waals surface area (Å²) in [6.07, 6.45) is 0. The molecule has 62 valence electrons. The van der Waals surface area contributed by atoms with E-state index in [0.29, 0.717) is 6.54 Å². The smallest absolute Gasteiger partial charge is 0.215 e. The molecule has 10 heavy (non-hydrogen) atoms. The Morgan fingerprint density at radius 2 is 2.00 bits per heavy atom. The molecule has 5 heteroatoms. The Balaban J connectivity index is 4.12. The van der Waals surface area contributed by atoms with Crippen LogP contribution >= 0.6 is 0 Å². The quantitative estimate of drug-likeness (QED) is 0.596. The molecule has 0 fully saturated rings. The topological polar surface area (TPSA) is 63.4 Å². The van der Waals surface area contributed by atoms with Gasteiger partial charge in [-0.1, -0.05) is 6.92 Å². The van der Waals surface area contributed by atoms with Crippen molar-refractivity contribution in [3.05, 3.63) is 0 Å². The molecule has 0 aromatic heterocycles. The van der Waals surface area contributed by atoms with Gasteiger partial charge in [0.05, 0.1) is 5.75 Å². The maximum absolute atomic E-state index is 11.0. The summed E-state index contributed by atoms with van der Waals surface area (Å²) in [5.74, 6) is 0.0390. The van der Waals surface area contributed by atoms with E-state index in [4.69, 9.17) is 5.73 Å². The van der Waals surface area contributed by atoms with Gasteiger partial charge in [-0.05, 0) is 0 Å². The molecule has 0 radical (unpaired) electrons. The number of sulfonamides is 1. The zero-order valence-electron chi connectivity index (χ0n) is 6.37. The molecule has 0 atom stereocenters. The molecule has 2 N–H and O–H groups in total. The lowest BCUT2D eigenvalue weighted by Gasteiger charge is -2.12. The molecule has 0 aromatic rings. The van der Waals surface area contributed by atoms with Crippen molar-refractivity contribution in [2.75, 3.05) is 25.9 Å². The zero-order valence-corrected chi connectivity index (χ0v) is 7.19. The highest BCUT2D eigenvalue weighted by Crippen LogP contribution is 1.94.